The van der Waals surface area contributed by atoms with Crippen LogP contribution in [-0.2, 0) is 11.3 Å². The maximum Gasteiger partial charge on any atom is 0.243 e. The Morgan fingerprint density at radius 2 is 1.84 bits per heavy atom. The van der Waals surface area contributed by atoms with E-state index in [1.54, 1.807) is 12.1 Å². The first kappa shape index (κ1) is 16.6. The van der Waals surface area contributed by atoms with Gasteiger partial charge in [0.25, 0.3) is 0 Å². The van der Waals surface area contributed by atoms with Crippen LogP contribution >= 0.6 is 0 Å². The van der Waals surface area contributed by atoms with E-state index >= 15 is 0 Å². The Hall–Kier alpha value is -3.21. The minimum atomic E-state index is -0.346. The summed E-state index contributed by atoms with van der Waals surface area (Å²) in [5.74, 6) is 0.355. The Bertz CT molecular complexity index is 929. The number of Topliss-reactive ketones (excluding diaryl/α,β-unsaturated/α-hetero) is 1. The van der Waals surface area contributed by atoms with E-state index in [1.165, 1.54) is 6.08 Å². The average molecular weight is 333 g/mol. The number of rotatable bonds is 6. The van der Waals surface area contributed by atoms with Gasteiger partial charge in [0.15, 0.2) is 5.78 Å². The summed E-state index contributed by atoms with van der Waals surface area (Å²) < 4.78 is 1.86. The van der Waals surface area contributed by atoms with Crippen LogP contribution in [0.1, 0.15) is 29.1 Å². The summed E-state index contributed by atoms with van der Waals surface area (Å²) in [7, 11) is 0. The monoisotopic (exact) mass is 333 g/mol. The molecule has 0 fully saturated rings. The van der Waals surface area contributed by atoms with E-state index in [9.17, 15) is 9.59 Å². The third-order valence-corrected chi connectivity index (χ3v) is 4.01. The summed E-state index contributed by atoms with van der Waals surface area (Å²) in [6, 6.07) is 16.4. The second-order valence-corrected chi connectivity index (χ2v) is 5.77. The van der Waals surface area contributed by atoms with Crippen LogP contribution in [0, 0.1) is 0 Å². The third-order valence-electron chi connectivity index (χ3n) is 4.01. The van der Waals surface area contributed by atoms with Gasteiger partial charge in [-0.1, -0.05) is 49.0 Å². The Morgan fingerprint density at radius 3 is 2.56 bits per heavy atom. The Kier molecular flexibility index (Phi) is 4.75. The molecule has 0 saturated heterocycles. The van der Waals surface area contributed by atoms with Crippen molar-refractivity contribution in [3.8, 4) is 0 Å². The number of amides is 1. The van der Waals surface area contributed by atoms with Gasteiger partial charge in [0.2, 0.25) is 5.91 Å². The van der Waals surface area contributed by atoms with Crippen molar-refractivity contribution in [2.75, 3.05) is 0 Å². The van der Waals surface area contributed by atoms with Crippen molar-refractivity contribution < 1.29 is 9.59 Å². The van der Waals surface area contributed by atoms with Crippen LogP contribution in [0.5, 0.6) is 0 Å². The van der Waals surface area contributed by atoms with E-state index in [2.05, 4.69) is 16.9 Å². The number of hydrogen-bond acceptors (Lipinski definition) is 3. The molecule has 0 aliphatic heterocycles. The van der Waals surface area contributed by atoms with Crippen molar-refractivity contribution in [2.45, 2.75) is 19.5 Å². The predicted molar refractivity (Wildman–Crippen MR) is 97.3 cm³/mol. The molecule has 2 aromatic carbocycles. The van der Waals surface area contributed by atoms with Gasteiger partial charge in [-0.15, -0.1) is 0 Å². The SMILES string of the molecule is C=CC(=O)NC(C)c1nc2ccccc2n1CC(=O)c1ccccc1. The lowest BCUT2D eigenvalue weighted by atomic mass is 10.1. The van der Waals surface area contributed by atoms with Gasteiger partial charge in [-0.2, -0.15) is 0 Å². The van der Waals surface area contributed by atoms with Crippen molar-refractivity contribution in [1.82, 2.24) is 14.9 Å². The molecule has 0 aliphatic carbocycles. The number of nitrogens with zero attached hydrogens (tertiary/aromatic N) is 2. The fourth-order valence-corrected chi connectivity index (χ4v) is 2.79. The molecule has 0 spiro atoms. The first-order chi connectivity index (χ1) is 12.1. The van der Waals surface area contributed by atoms with Gasteiger partial charge in [0.05, 0.1) is 23.6 Å². The maximum atomic E-state index is 12.7. The van der Waals surface area contributed by atoms with Crippen LogP contribution in [0.4, 0.5) is 0 Å². The number of imidazole rings is 1. The second kappa shape index (κ2) is 7.13. The summed E-state index contributed by atoms with van der Waals surface area (Å²) >= 11 is 0. The number of aromatic nitrogens is 2. The van der Waals surface area contributed by atoms with Gasteiger partial charge in [-0.05, 0) is 25.1 Å². The molecule has 126 valence electrons. The van der Waals surface area contributed by atoms with Gasteiger partial charge in [-0.25, -0.2) is 4.98 Å². The van der Waals surface area contributed by atoms with Crippen molar-refractivity contribution in [2.24, 2.45) is 0 Å². The quantitative estimate of drug-likeness (QED) is 0.556. The lowest BCUT2D eigenvalue weighted by Gasteiger charge is -2.15. The fourth-order valence-electron chi connectivity index (χ4n) is 2.79. The van der Waals surface area contributed by atoms with Gasteiger partial charge in [-0.3, -0.25) is 9.59 Å². The molecule has 3 aromatic rings. The molecule has 0 aliphatic rings. The third kappa shape index (κ3) is 3.50. The van der Waals surface area contributed by atoms with Crippen LogP contribution in [-0.4, -0.2) is 21.2 Å². The number of benzene rings is 2. The van der Waals surface area contributed by atoms with E-state index in [0.717, 1.165) is 11.0 Å². The number of ketones is 1. The molecule has 3 rings (SSSR count). The maximum absolute atomic E-state index is 12.7. The molecule has 1 N–H and O–H groups in total. The molecule has 1 unspecified atom stereocenters. The van der Waals surface area contributed by atoms with Gasteiger partial charge in [0.1, 0.15) is 5.82 Å². The van der Waals surface area contributed by atoms with Crippen LogP contribution in [0.15, 0.2) is 67.3 Å². The Morgan fingerprint density at radius 1 is 1.16 bits per heavy atom. The lowest BCUT2D eigenvalue weighted by molar-refractivity contribution is -0.117. The van der Waals surface area contributed by atoms with Gasteiger partial charge < -0.3 is 9.88 Å². The summed E-state index contributed by atoms with van der Waals surface area (Å²) in [5.41, 5.74) is 2.30. The first-order valence-corrected chi connectivity index (χ1v) is 8.06. The molecular weight excluding hydrogens is 314 g/mol. The molecule has 5 heteroatoms. The zero-order chi connectivity index (χ0) is 17.8. The molecule has 0 saturated carbocycles. The Balaban J connectivity index is 2.00. The minimum Gasteiger partial charge on any atom is -0.343 e. The number of carbonyl (C=O) groups is 2. The Labute approximate surface area is 146 Å². The van der Waals surface area contributed by atoms with E-state index < -0.39 is 0 Å². The van der Waals surface area contributed by atoms with Crippen LogP contribution < -0.4 is 5.32 Å². The van der Waals surface area contributed by atoms with Crippen molar-refractivity contribution in [3.63, 3.8) is 0 Å². The number of nitrogens with one attached hydrogen (secondary N) is 1. The van der Waals surface area contributed by atoms with Crippen molar-refractivity contribution >= 4 is 22.7 Å². The molecule has 1 amide bonds. The normalized spacial score (nSPS) is 11.9. The van der Waals surface area contributed by atoms with Crippen LogP contribution in [0.25, 0.3) is 11.0 Å². The molecule has 1 aromatic heterocycles. The number of fused-ring (bicyclic) bond motifs is 1. The average Bonchev–Trinajstić information content (AvgIpc) is 3.01. The van der Waals surface area contributed by atoms with Crippen LogP contribution in [0.2, 0.25) is 0 Å². The highest BCUT2D eigenvalue weighted by molar-refractivity contribution is 5.96. The van der Waals surface area contributed by atoms with Crippen LogP contribution in [0.3, 0.4) is 0 Å². The summed E-state index contributed by atoms with van der Waals surface area (Å²) in [5, 5.41) is 2.81. The molecule has 5 nitrogen and oxygen atoms in total. The summed E-state index contributed by atoms with van der Waals surface area (Å²) in [4.78, 5) is 28.9. The van der Waals surface area contributed by atoms with E-state index in [1.807, 2.05) is 54.0 Å². The number of carbonyl (C=O) groups excluding carboxylic acids is 2. The van der Waals surface area contributed by atoms with E-state index in [0.29, 0.717) is 11.4 Å². The zero-order valence-corrected chi connectivity index (χ0v) is 14.0. The lowest BCUT2D eigenvalue weighted by Crippen LogP contribution is -2.27. The summed E-state index contributed by atoms with van der Waals surface area (Å²) in [6.07, 6.45) is 1.22. The number of hydrogen-bond donors (Lipinski definition) is 1. The number of para-hydroxylation sites is 2. The van der Waals surface area contributed by atoms with Gasteiger partial charge in [0, 0.05) is 5.56 Å². The zero-order valence-electron chi connectivity index (χ0n) is 14.0. The largest absolute Gasteiger partial charge is 0.343 e. The minimum absolute atomic E-state index is 0.00718. The second-order valence-electron chi connectivity index (χ2n) is 5.77. The molecule has 1 heterocycles. The fraction of sp³-hybridized carbons (Fsp3) is 0.150. The summed E-state index contributed by atoms with van der Waals surface area (Å²) in [6.45, 7) is 5.47. The highest BCUT2D eigenvalue weighted by atomic mass is 16.1. The molecule has 1 atom stereocenters. The van der Waals surface area contributed by atoms with Gasteiger partial charge >= 0.3 is 0 Å². The van der Waals surface area contributed by atoms with Crippen molar-refractivity contribution in [1.29, 1.82) is 0 Å². The highest BCUT2D eigenvalue weighted by Gasteiger charge is 2.19. The predicted octanol–water partition coefficient (Wildman–Crippen LogP) is 3.28. The topological polar surface area (TPSA) is 64.0 Å². The molecule has 0 radical (unpaired) electrons. The van der Waals surface area contributed by atoms with E-state index in [4.69, 9.17) is 0 Å². The standard InChI is InChI=1S/C20H19N3O2/c1-3-19(25)21-14(2)20-22-16-11-7-8-12-17(16)23(20)13-18(24)15-9-5-4-6-10-15/h3-12,14H,1,13H2,2H3,(H,21,25). The molecular formula is C20H19N3O2. The first-order valence-electron chi connectivity index (χ1n) is 8.06. The van der Waals surface area contributed by atoms with Crippen molar-refractivity contribution in [3.05, 3.63) is 78.6 Å². The van der Waals surface area contributed by atoms with E-state index in [-0.39, 0.29) is 24.3 Å². The molecule has 25 heavy (non-hydrogen) atoms. The smallest absolute Gasteiger partial charge is 0.243 e. The molecule has 0 bridgehead atoms. The highest BCUT2D eigenvalue weighted by Crippen LogP contribution is 2.21.